The molecule has 0 spiro atoms. The van der Waals surface area contributed by atoms with Gasteiger partial charge in [-0.15, -0.1) is 11.3 Å². The fourth-order valence-corrected chi connectivity index (χ4v) is 2.69. The fourth-order valence-electron chi connectivity index (χ4n) is 1.64. The highest BCUT2D eigenvalue weighted by molar-refractivity contribution is 7.11. The van der Waals surface area contributed by atoms with Crippen molar-refractivity contribution in [3.63, 3.8) is 0 Å². The van der Waals surface area contributed by atoms with Gasteiger partial charge in [-0.3, -0.25) is 0 Å². The molecular formula is C15H17ClFNOS. The predicted molar refractivity (Wildman–Crippen MR) is 82.0 cm³/mol. The molecule has 0 amide bonds. The lowest BCUT2D eigenvalue weighted by atomic mass is 10.3. The van der Waals surface area contributed by atoms with Gasteiger partial charge < -0.3 is 10.1 Å². The summed E-state index contributed by atoms with van der Waals surface area (Å²) in [6.45, 7) is 5.41. The van der Waals surface area contributed by atoms with Gasteiger partial charge in [-0.1, -0.05) is 31.5 Å². The molecule has 2 aromatic rings. The van der Waals surface area contributed by atoms with E-state index in [1.807, 2.05) is 6.07 Å². The molecule has 5 heteroatoms. The Morgan fingerprint density at radius 1 is 1.25 bits per heavy atom. The number of ether oxygens (including phenoxy) is 1. The second-order valence-corrected chi connectivity index (χ2v) is 6.40. The number of thiophene rings is 1. The second kappa shape index (κ2) is 7.07. The topological polar surface area (TPSA) is 21.3 Å². The zero-order valence-electron chi connectivity index (χ0n) is 11.5. The van der Waals surface area contributed by atoms with Crippen LogP contribution < -0.4 is 10.1 Å². The van der Waals surface area contributed by atoms with Crippen LogP contribution in [0.5, 0.6) is 5.75 Å². The van der Waals surface area contributed by atoms with Crippen molar-refractivity contribution in [1.29, 1.82) is 0 Å². The van der Waals surface area contributed by atoms with Gasteiger partial charge in [-0.25, -0.2) is 4.39 Å². The van der Waals surface area contributed by atoms with Crippen molar-refractivity contribution in [3.8, 4) is 5.75 Å². The SMILES string of the molecule is CC(C)NCc1ccc(COc2cccc(Cl)c2F)s1. The van der Waals surface area contributed by atoms with Crippen LogP contribution in [0.15, 0.2) is 30.3 Å². The van der Waals surface area contributed by atoms with E-state index in [2.05, 4.69) is 25.2 Å². The van der Waals surface area contributed by atoms with Gasteiger partial charge in [-0.05, 0) is 24.3 Å². The summed E-state index contributed by atoms with van der Waals surface area (Å²) in [5, 5.41) is 3.44. The monoisotopic (exact) mass is 313 g/mol. The van der Waals surface area contributed by atoms with Crippen molar-refractivity contribution < 1.29 is 9.13 Å². The molecule has 20 heavy (non-hydrogen) atoms. The molecule has 1 N–H and O–H groups in total. The van der Waals surface area contributed by atoms with E-state index in [4.69, 9.17) is 16.3 Å². The van der Waals surface area contributed by atoms with Gasteiger partial charge >= 0.3 is 0 Å². The number of nitrogens with one attached hydrogen (secondary N) is 1. The molecule has 0 radical (unpaired) electrons. The number of hydrogen-bond acceptors (Lipinski definition) is 3. The summed E-state index contributed by atoms with van der Waals surface area (Å²) in [6.07, 6.45) is 0. The molecule has 2 rings (SSSR count). The lowest BCUT2D eigenvalue weighted by Gasteiger charge is -2.07. The van der Waals surface area contributed by atoms with Gasteiger partial charge in [0.25, 0.3) is 0 Å². The Morgan fingerprint density at radius 2 is 2.00 bits per heavy atom. The molecule has 0 unspecified atom stereocenters. The molecule has 0 atom stereocenters. The van der Waals surface area contributed by atoms with Crippen LogP contribution in [0.1, 0.15) is 23.6 Å². The zero-order valence-corrected chi connectivity index (χ0v) is 13.0. The van der Waals surface area contributed by atoms with E-state index in [0.717, 1.165) is 11.4 Å². The molecule has 0 aliphatic rings. The molecule has 0 bridgehead atoms. The standard InChI is InChI=1S/C15H17ClFNOS/c1-10(2)18-8-11-6-7-12(20-11)9-19-14-5-3-4-13(16)15(14)17/h3-7,10,18H,8-9H2,1-2H3. The van der Waals surface area contributed by atoms with Crippen LogP contribution in [-0.2, 0) is 13.2 Å². The fraction of sp³-hybridized carbons (Fsp3) is 0.333. The highest BCUT2D eigenvalue weighted by atomic mass is 35.5. The summed E-state index contributed by atoms with van der Waals surface area (Å²) in [6, 6.07) is 9.28. The molecule has 2 nitrogen and oxygen atoms in total. The van der Waals surface area contributed by atoms with Crippen LogP contribution >= 0.6 is 22.9 Å². The van der Waals surface area contributed by atoms with E-state index in [1.54, 1.807) is 23.5 Å². The summed E-state index contributed by atoms with van der Waals surface area (Å²) < 4.78 is 19.1. The average molecular weight is 314 g/mol. The number of halogens is 2. The first-order valence-electron chi connectivity index (χ1n) is 6.44. The lowest BCUT2D eigenvalue weighted by Crippen LogP contribution is -2.21. The molecule has 1 aromatic carbocycles. The summed E-state index contributed by atoms with van der Waals surface area (Å²) in [5.41, 5.74) is 0. The van der Waals surface area contributed by atoms with E-state index < -0.39 is 5.82 Å². The minimum Gasteiger partial charge on any atom is -0.485 e. The largest absolute Gasteiger partial charge is 0.485 e. The summed E-state index contributed by atoms with van der Waals surface area (Å²) in [5.74, 6) is -0.319. The minimum atomic E-state index is -0.507. The molecule has 1 aromatic heterocycles. The van der Waals surface area contributed by atoms with E-state index in [0.29, 0.717) is 12.6 Å². The van der Waals surface area contributed by atoms with E-state index >= 15 is 0 Å². The Kier molecular flexibility index (Phi) is 5.40. The maximum Gasteiger partial charge on any atom is 0.183 e. The minimum absolute atomic E-state index is 0.0792. The lowest BCUT2D eigenvalue weighted by molar-refractivity contribution is 0.293. The van der Waals surface area contributed by atoms with Gasteiger partial charge in [0, 0.05) is 22.3 Å². The van der Waals surface area contributed by atoms with Crippen molar-refractivity contribution >= 4 is 22.9 Å². The Bertz CT molecular complexity index is 571. The molecule has 0 saturated carbocycles. The molecular weight excluding hydrogens is 297 g/mol. The molecule has 0 aliphatic heterocycles. The predicted octanol–water partition coefficient (Wildman–Crippen LogP) is 4.62. The second-order valence-electron chi connectivity index (χ2n) is 4.74. The van der Waals surface area contributed by atoms with Crippen LogP contribution in [0.3, 0.4) is 0 Å². The molecule has 1 heterocycles. The van der Waals surface area contributed by atoms with E-state index in [1.165, 1.54) is 10.9 Å². The first kappa shape index (κ1) is 15.3. The maximum atomic E-state index is 13.7. The van der Waals surface area contributed by atoms with Gasteiger partial charge in [0.05, 0.1) is 5.02 Å². The van der Waals surface area contributed by atoms with Crippen LogP contribution in [0, 0.1) is 5.82 Å². The van der Waals surface area contributed by atoms with Crippen molar-refractivity contribution in [2.75, 3.05) is 0 Å². The quantitative estimate of drug-likeness (QED) is 0.840. The van der Waals surface area contributed by atoms with E-state index in [9.17, 15) is 4.39 Å². The number of benzene rings is 1. The third-order valence-corrected chi connectivity index (χ3v) is 4.04. The van der Waals surface area contributed by atoms with Crippen molar-refractivity contribution in [3.05, 3.63) is 50.9 Å². The van der Waals surface area contributed by atoms with Crippen molar-refractivity contribution in [2.24, 2.45) is 0 Å². The highest BCUT2D eigenvalue weighted by Crippen LogP contribution is 2.26. The first-order valence-corrected chi connectivity index (χ1v) is 7.63. The zero-order chi connectivity index (χ0) is 14.5. The Hall–Kier alpha value is -1.10. The Morgan fingerprint density at radius 3 is 2.75 bits per heavy atom. The number of hydrogen-bond donors (Lipinski definition) is 1. The van der Waals surface area contributed by atoms with Crippen LogP contribution in [0.4, 0.5) is 4.39 Å². The summed E-state index contributed by atoms with van der Waals surface area (Å²) >= 11 is 7.37. The van der Waals surface area contributed by atoms with Gasteiger partial charge in [0.2, 0.25) is 0 Å². The molecule has 108 valence electrons. The average Bonchev–Trinajstić information content (AvgIpc) is 2.86. The van der Waals surface area contributed by atoms with Crippen molar-refractivity contribution in [2.45, 2.75) is 33.0 Å². The van der Waals surface area contributed by atoms with Gasteiger partial charge in [0.15, 0.2) is 11.6 Å². The van der Waals surface area contributed by atoms with Crippen LogP contribution in [-0.4, -0.2) is 6.04 Å². The molecule has 0 fully saturated rings. The molecule has 0 aliphatic carbocycles. The third-order valence-electron chi connectivity index (χ3n) is 2.69. The smallest absolute Gasteiger partial charge is 0.183 e. The summed E-state index contributed by atoms with van der Waals surface area (Å²) in [4.78, 5) is 2.30. The van der Waals surface area contributed by atoms with Gasteiger partial charge in [-0.2, -0.15) is 0 Å². The maximum absolute atomic E-state index is 13.7. The third kappa shape index (κ3) is 4.20. The molecule has 0 saturated heterocycles. The highest BCUT2D eigenvalue weighted by Gasteiger charge is 2.08. The van der Waals surface area contributed by atoms with E-state index in [-0.39, 0.29) is 10.8 Å². The normalized spacial score (nSPS) is 11.1. The summed E-state index contributed by atoms with van der Waals surface area (Å²) in [7, 11) is 0. The van der Waals surface area contributed by atoms with Gasteiger partial charge in [0.1, 0.15) is 6.61 Å². The Balaban J connectivity index is 1.92. The number of rotatable bonds is 6. The van der Waals surface area contributed by atoms with Crippen LogP contribution in [0.2, 0.25) is 5.02 Å². The first-order chi connectivity index (χ1) is 9.56. The van der Waals surface area contributed by atoms with Crippen molar-refractivity contribution in [1.82, 2.24) is 5.32 Å². The Labute approximate surface area is 127 Å². The van der Waals surface area contributed by atoms with Crippen LogP contribution in [0.25, 0.3) is 0 Å².